The molecular weight excluding hydrogens is 538 g/mol. The predicted octanol–water partition coefficient (Wildman–Crippen LogP) is 4.31. The highest BCUT2D eigenvalue weighted by atomic mass is 35.5. The van der Waals surface area contributed by atoms with Crippen LogP contribution in [-0.2, 0) is 27.9 Å². The molecule has 2 heterocycles. The van der Waals surface area contributed by atoms with Gasteiger partial charge >= 0.3 is 0 Å². The number of benzene rings is 3. The van der Waals surface area contributed by atoms with Crippen molar-refractivity contribution in [1.82, 2.24) is 20.4 Å². The maximum atomic E-state index is 13.2. The lowest BCUT2D eigenvalue weighted by Gasteiger charge is -2.22. The summed E-state index contributed by atoms with van der Waals surface area (Å²) in [7, 11) is -2.42. The summed E-state index contributed by atoms with van der Waals surface area (Å²) >= 11 is 6.02. The molecule has 5 rings (SSSR count). The van der Waals surface area contributed by atoms with E-state index in [0.29, 0.717) is 34.8 Å². The first-order valence-corrected chi connectivity index (χ1v) is 14.6. The molecular formula is C28H30ClN5O4S. The van der Waals surface area contributed by atoms with Gasteiger partial charge in [-0.2, -0.15) is 5.10 Å². The van der Waals surface area contributed by atoms with Crippen LogP contribution in [0.1, 0.15) is 30.4 Å². The van der Waals surface area contributed by atoms with Gasteiger partial charge in [0.1, 0.15) is 5.75 Å². The average Bonchev–Trinajstić information content (AvgIpc) is 3.28. The molecule has 1 aliphatic heterocycles. The van der Waals surface area contributed by atoms with Crippen LogP contribution in [0.25, 0.3) is 10.9 Å². The normalized spacial score (nSPS) is 15.7. The average molecular weight is 568 g/mol. The van der Waals surface area contributed by atoms with Crippen LogP contribution in [0.5, 0.6) is 5.75 Å². The van der Waals surface area contributed by atoms with Gasteiger partial charge in [0.05, 0.1) is 35.5 Å². The molecule has 1 fully saturated rings. The largest absolute Gasteiger partial charge is 0.496 e. The molecule has 204 valence electrons. The van der Waals surface area contributed by atoms with E-state index in [2.05, 4.69) is 20.5 Å². The fourth-order valence-corrected chi connectivity index (χ4v) is 6.09. The SMILES string of the molecule is COc1cccc2c1c(NS(=O)(=O)c1cccc(Cl)c1)nn2Cc1cccc(CNC(=O)[C@@H]2CCCCN2)c1. The van der Waals surface area contributed by atoms with Gasteiger partial charge in [0.25, 0.3) is 10.0 Å². The Hall–Kier alpha value is -3.60. The Kier molecular flexibility index (Phi) is 8.06. The molecule has 1 amide bonds. The van der Waals surface area contributed by atoms with Gasteiger partial charge in [-0.15, -0.1) is 0 Å². The Morgan fingerprint density at radius 2 is 1.90 bits per heavy atom. The zero-order valence-corrected chi connectivity index (χ0v) is 23.1. The molecule has 0 unspecified atom stereocenters. The fraction of sp³-hybridized carbons (Fsp3) is 0.286. The van der Waals surface area contributed by atoms with E-state index in [0.717, 1.165) is 36.9 Å². The van der Waals surface area contributed by atoms with Crippen LogP contribution >= 0.6 is 11.6 Å². The third-order valence-corrected chi connectivity index (χ3v) is 8.29. The number of aromatic nitrogens is 2. The van der Waals surface area contributed by atoms with Crippen LogP contribution in [0, 0.1) is 0 Å². The minimum atomic E-state index is -3.95. The molecule has 0 saturated carbocycles. The van der Waals surface area contributed by atoms with E-state index in [9.17, 15) is 13.2 Å². The molecule has 0 radical (unpaired) electrons. The fourth-order valence-electron chi connectivity index (χ4n) is 4.78. The molecule has 0 aliphatic carbocycles. The lowest BCUT2D eigenvalue weighted by molar-refractivity contribution is -0.123. The number of hydrogen-bond acceptors (Lipinski definition) is 6. The molecule has 39 heavy (non-hydrogen) atoms. The number of amides is 1. The summed E-state index contributed by atoms with van der Waals surface area (Å²) in [4.78, 5) is 12.6. The number of ether oxygens (including phenoxy) is 1. The van der Waals surface area contributed by atoms with Gasteiger partial charge in [0.2, 0.25) is 5.91 Å². The van der Waals surface area contributed by atoms with Gasteiger partial charge in [0.15, 0.2) is 5.82 Å². The number of fused-ring (bicyclic) bond motifs is 1. The standard InChI is InChI=1S/C28H30ClN5O4S/c1-38-25-13-6-12-24-26(25)27(33-39(36,37)22-10-5-9-21(29)16-22)32-34(24)18-20-8-4-7-19(15-20)17-31-28(35)23-11-2-3-14-30-23/h4-10,12-13,15-16,23,30H,2-3,11,14,17-18H2,1H3,(H,31,35)(H,32,33)/t23-/m0/s1. The molecule has 3 aromatic carbocycles. The first-order valence-electron chi connectivity index (χ1n) is 12.7. The van der Waals surface area contributed by atoms with E-state index < -0.39 is 10.0 Å². The van der Waals surface area contributed by atoms with Crippen LogP contribution in [0.4, 0.5) is 5.82 Å². The van der Waals surface area contributed by atoms with Gasteiger partial charge in [-0.3, -0.25) is 14.2 Å². The molecule has 3 N–H and O–H groups in total. The number of halogens is 1. The quantitative estimate of drug-likeness (QED) is 0.278. The minimum absolute atomic E-state index is 0.0156. The number of anilines is 1. The maximum Gasteiger partial charge on any atom is 0.263 e. The van der Waals surface area contributed by atoms with E-state index in [1.54, 1.807) is 22.9 Å². The third-order valence-electron chi connectivity index (χ3n) is 6.71. The second-order valence-corrected chi connectivity index (χ2v) is 11.6. The zero-order valence-electron chi connectivity index (χ0n) is 21.5. The van der Waals surface area contributed by atoms with Gasteiger partial charge in [-0.25, -0.2) is 8.42 Å². The second-order valence-electron chi connectivity index (χ2n) is 9.46. The molecule has 11 heteroatoms. The lowest BCUT2D eigenvalue weighted by atomic mass is 10.0. The zero-order chi connectivity index (χ0) is 27.4. The molecule has 1 aromatic heterocycles. The molecule has 0 spiro atoms. The molecule has 1 atom stereocenters. The number of carbonyl (C=O) groups is 1. The highest BCUT2D eigenvalue weighted by Crippen LogP contribution is 2.34. The molecule has 1 saturated heterocycles. The topological polar surface area (TPSA) is 114 Å². The van der Waals surface area contributed by atoms with E-state index in [1.165, 1.54) is 19.2 Å². The second kappa shape index (κ2) is 11.6. The number of piperidine rings is 1. The van der Waals surface area contributed by atoms with E-state index in [4.69, 9.17) is 16.3 Å². The molecule has 0 bridgehead atoms. The number of carbonyl (C=O) groups excluding carboxylic acids is 1. The summed E-state index contributed by atoms with van der Waals surface area (Å²) in [6.07, 6.45) is 3.01. The van der Waals surface area contributed by atoms with Crippen LogP contribution in [0.3, 0.4) is 0 Å². The minimum Gasteiger partial charge on any atom is -0.496 e. The number of nitrogens with zero attached hydrogens (tertiary/aromatic N) is 2. The highest BCUT2D eigenvalue weighted by Gasteiger charge is 2.22. The van der Waals surface area contributed by atoms with Crippen molar-refractivity contribution in [3.63, 3.8) is 0 Å². The number of methoxy groups -OCH3 is 1. The predicted molar refractivity (Wildman–Crippen MR) is 152 cm³/mol. The van der Waals surface area contributed by atoms with Gasteiger partial charge in [-0.05, 0) is 60.8 Å². The molecule has 1 aliphatic rings. The smallest absolute Gasteiger partial charge is 0.263 e. The van der Waals surface area contributed by atoms with Crippen molar-refractivity contribution >= 4 is 44.3 Å². The van der Waals surface area contributed by atoms with Crippen molar-refractivity contribution < 1.29 is 17.9 Å². The number of hydrogen-bond donors (Lipinski definition) is 3. The summed E-state index contributed by atoms with van der Waals surface area (Å²) in [6.45, 7) is 1.67. The summed E-state index contributed by atoms with van der Waals surface area (Å²) in [5, 5.41) is 11.8. The highest BCUT2D eigenvalue weighted by molar-refractivity contribution is 7.92. The van der Waals surface area contributed by atoms with Crippen molar-refractivity contribution in [2.45, 2.75) is 43.3 Å². The molecule has 4 aromatic rings. The Balaban J connectivity index is 1.39. The maximum absolute atomic E-state index is 13.2. The van der Waals surface area contributed by atoms with E-state index >= 15 is 0 Å². The Morgan fingerprint density at radius 3 is 2.67 bits per heavy atom. The number of nitrogens with one attached hydrogen (secondary N) is 3. The molecule has 9 nitrogen and oxygen atoms in total. The Labute approximate surface area is 232 Å². The van der Waals surface area contributed by atoms with Crippen molar-refractivity contribution in [2.24, 2.45) is 0 Å². The summed E-state index contributed by atoms with van der Waals surface area (Å²) in [5.74, 6) is 0.669. The monoisotopic (exact) mass is 567 g/mol. The van der Waals surface area contributed by atoms with Crippen molar-refractivity contribution in [1.29, 1.82) is 0 Å². The van der Waals surface area contributed by atoms with E-state index in [1.807, 2.05) is 36.4 Å². The lowest BCUT2D eigenvalue weighted by Crippen LogP contribution is -2.46. The summed E-state index contributed by atoms with van der Waals surface area (Å²) in [5.41, 5.74) is 2.63. The third kappa shape index (κ3) is 6.19. The Morgan fingerprint density at radius 1 is 1.10 bits per heavy atom. The van der Waals surface area contributed by atoms with Crippen molar-refractivity contribution in [2.75, 3.05) is 18.4 Å². The van der Waals surface area contributed by atoms with Crippen LogP contribution < -0.4 is 20.1 Å². The van der Waals surface area contributed by atoms with E-state index in [-0.39, 0.29) is 22.7 Å². The van der Waals surface area contributed by atoms with Crippen molar-refractivity contribution in [3.05, 3.63) is 82.9 Å². The van der Waals surface area contributed by atoms with Crippen LogP contribution in [0.15, 0.2) is 71.6 Å². The van der Waals surface area contributed by atoms with Gasteiger partial charge in [-0.1, -0.05) is 54.4 Å². The summed E-state index contributed by atoms with van der Waals surface area (Å²) in [6, 6.07) is 19.2. The van der Waals surface area contributed by atoms with Gasteiger partial charge < -0.3 is 15.4 Å². The first kappa shape index (κ1) is 27.0. The number of sulfonamides is 1. The Bertz CT molecular complexity index is 1600. The van der Waals surface area contributed by atoms with Crippen LogP contribution in [-0.4, -0.2) is 43.8 Å². The van der Waals surface area contributed by atoms with Gasteiger partial charge in [0, 0.05) is 11.6 Å². The van der Waals surface area contributed by atoms with Crippen molar-refractivity contribution in [3.8, 4) is 5.75 Å². The first-order chi connectivity index (χ1) is 18.8. The summed E-state index contributed by atoms with van der Waals surface area (Å²) < 4.78 is 36.2. The number of rotatable bonds is 9. The van der Waals surface area contributed by atoms with Crippen LogP contribution in [0.2, 0.25) is 5.02 Å².